The normalized spacial score (nSPS) is 12.4. The van der Waals surface area contributed by atoms with Crippen LogP contribution in [0.4, 0.5) is 5.82 Å². The molecule has 0 aliphatic heterocycles. The van der Waals surface area contributed by atoms with Crippen molar-refractivity contribution in [2.45, 2.75) is 0 Å². The lowest BCUT2D eigenvalue weighted by molar-refractivity contribution is 0.438. The second-order valence-corrected chi connectivity index (χ2v) is 3.57. The number of rotatable bonds is 3. The summed E-state index contributed by atoms with van der Waals surface area (Å²) < 4.78 is 1.33. The van der Waals surface area contributed by atoms with E-state index in [0.717, 1.165) is 5.57 Å². The third kappa shape index (κ3) is 1.84. The number of nitrogen functional groups attached to an aromatic ring is 1. The van der Waals surface area contributed by atoms with Gasteiger partial charge in [0.1, 0.15) is 11.8 Å². The molecule has 0 saturated heterocycles. The molecule has 6 nitrogen and oxygen atoms in total. The van der Waals surface area contributed by atoms with E-state index in [1.807, 2.05) is 0 Å². The van der Waals surface area contributed by atoms with Crippen LogP contribution in [0.15, 0.2) is 36.1 Å². The number of nitrogens with zero attached hydrogens (tertiary/aromatic N) is 4. The zero-order valence-corrected chi connectivity index (χ0v) is 9.91. The number of nitrogens with two attached hydrogens (primary N) is 1. The first-order valence-electron chi connectivity index (χ1n) is 5.25. The molecule has 2 aromatic rings. The minimum atomic E-state index is -0.00596. The molecule has 0 fully saturated rings. The van der Waals surface area contributed by atoms with Crippen LogP contribution in [0.2, 0.25) is 0 Å². The molecular formula is C12H13N5O. The van der Waals surface area contributed by atoms with Crippen LogP contribution in [0.5, 0.6) is 5.88 Å². The Labute approximate surface area is 104 Å². The molecule has 0 unspecified atom stereocenters. The molecule has 0 aliphatic rings. The van der Waals surface area contributed by atoms with E-state index in [1.54, 1.807) is 31.5 Å². The van der Waals surface area contributed by atoms with Crippen LogP contribution < -0.4 is 5.73 Å². The minimum Gasteiger partial charge on any atom is -0.493 e. The van der Waals surface area contributed by atoms with Gasteiger partial charge in [0.15, 0.2) is 5.82 Å². The summed E-state index contributed by atoms with van der Waals surface area (Å²) in [6.45, 7) is 3.65. The number of allylic oxidation sites excluding steroid dienone is 3. The zero-order chi connectivity index (χ0) is 13.1. The van der Waals surface area contributed by atoms with E-state index in [2.05, 4.69) is 21.7 Å². The molecule has 2 aromatic heterocycles. The first kappa shape index (κ1) is 11.8. The lowest BCUT2D eigenvalue weighted by Crippen LogP contribution is -2.00. The molecule has 2 rings (SSSR count). The van der Waals surface area contributed by atoms with E-state index in [-0.39, 0.29) is 5.88 Å². The monoisotopic (exact) mass is 243 g/mol. The van der Waals surface area contributed by atoms with Crippen molar-refractivity contribution in [2.24, 2.45) is 4.99 Å². The molecule has 18 heavy (non-hydrogen) atoms. The fraction of sp³-hybridized carbons (Fsp3) is 0.0833. The fourth-order valence-corrected chi connectivity index (χ4v) is 1.74. The Kier molecular flexibility index (Phi) is 3.09. The van der Waals surface area contributed by atoms with Crippen molar-refractivity contribution in [1.29, 1.82) is 0 Å². The maximum Gasteiger partial charge on any atom is 0.213 e. The van der Waals surface area contributed by atoms with Gasteiger partial charge in [0, 0.05) is 30.5 Å². The quantitative estimate of drug-likeness (QED) is 0.628. The van der Waals surface area contributed by atoms with Gasteiger partial charge >= 0.3 is 0 Å². The Morgan fingerprint density at radius 2 is 2.39 bits per heavy atom. The second kappa shape index (κ2) is 4.70. The fourth-order valence-electron chi connectivity index (χ4n) is 1.74. The molecule has 92 valence electrons. The van der Waals surface area contributed by atoms with Gasteiger partial charge < -0.3 is 10.8 Å². The molecule has 0 spiro atoms. The summed E-state index contributed by atoms with van der Waals surface area (Å²) in [5.41, 5.74) is 7.84. The summed E-state index contributed by atoms with van der Waals surface area (Å²) in [6.07, 6.45) is 6.35. The summed E-state index contributed by atoms with van der Waals surface area (Å²) in [6, 6.07) is 1.57. The van der Waals surface area contributed by atoms with Crippen LogP contribution in [0, 0.1) is 0 Å². The third-order valence-corrected chi connectivity index (χ3v) is 2.44. The average molecular weight is 243 g/mol. The molecule has 0 atom stereocenters. The smallest absolute Gasteiger partial charge is 0.213 e. The number of hydrogen-bond acceptors (Lipinski definition) is 5. The summed E-state index contributed by atoms with van der Waals surface area (Å²) >= 11 is 0. The number of aromatic nitrogens is 3. The van der Waals surface area contributed by atoms with Crippen LogP contribution in [0.1, 0.15) is 5.56 Å². The number of aliphatic imine (C=N–C) groups is 1. The molecule has 0 aromatic carbocycles. The lowest BCUT2D eigenvalue weighted by atomic mass is 10.1. The average Bonchev–Trinajstić information content (AvgIpc) is 2.68. The van der Waals surface area contributed by atoms with Gasteiger partial charge in [0.2, 0.25) is 5.88 Å². The van der Waals surface area contributed by atoms with E-state index in [0.29, 0.717) is 16.9 Å². The highest BCUT2D eigenvalue weighted by atomic mass is 16.3. The Balaban J connectivity index is 2.78. The van der Waals surface area contributed by atoms with E-state index in [9.17, 15) is 5.11 Å². The van der Waals surface area contributed by atoms with Crippen molar-refractivity contribution >= 4 is 23.1 Å². The first-order chi connectivity index (χ1) is 8.69. The molecule has 0 saturated carbocycles. The van der Waals surface area contributed by atoms with Crippen molar-refractivity contribution in [3.8, 4) is 5.88 Å². The van der Waals surface area contributed by atoms with E-state index >= 15 is 0 Å². The van der Waals surface area contributed by atoms with Gasteiger partial charge in [-0.25, -0.2) is 4.98 Å². The number of anilines is 1. The van der Waals surface area contributed by atoms with Gasteiger partial charge in [-0.1, -0.05) is 18.7 Å². The second-order valence-electron chi connectivity index (χ2n) is 3.57. The zero-order valence-electron chi connectivity index (χ0n) is 9.91. The van der Waals surface area contributed by atoms with Crippen molar-refractivity contribution in [2.75, 3.05) is 12.8 Å². The van der Waals surface area contributed by atoms with E-state index in [4.69, 9.17) is 5.73 Å². The minimum absolute atomic E-state index is 0.00596. The highest BCUT2D eigenvalue weighted by molar-refractivity contribution is 6.14. The van der Waals surface area contributed by atoms with E-state index in [1.165, 1.54) is 10.8 Å². The predicted molar refractivity (Wildman–Crippen MR) is 71.7 cm³/mol. The highest BCUT2D eigenvalue weighted by Crippen LogP contribution is 2.28. The van der Waals surface area contributed by atoms with Crippen LogP contribution in [-0.2, 0) is 0 Å². The summed E-state index contributed by atoms with van der Waals surface area (Å²) in [5.74, 6) is 0.285. The lowest BCUT2D eigenvalue weighted by Gasteiger charge is -2.01. The Morgan fingerprint density at radius 3 is 3.06 bits per heavy atom. The van der Waals surface area contributed by atoms with Crippen molar-refractivity contribution < 1.29 is 5.11 Å². The topological polar surface area (TPSA) is 88.8 Å². The molecule has 3 N–H and O–H groups in total. The van der Waals surface area contributed by atoms with Crippen LogP contribution in [0.25, 0.3) is 11.1 Å². The molecule has 0 radical (unpaired) electrons. The van der Waals surface area contributed by atoms with Gasteiger partial charge in [0.05, 0.1) is 0 Å². The SMILES string of the molecule is C=C/C=C(\C=N/C)c1cc(O)n2ncnc(N)c12. The van der Waals surface area contributed by atoms with Gasteiger partial charge in [-0.2, -0.15) is 9.61 Å². The van der Waals surface area contributed by atoms with Crippen LogP contribution in [-0.4, -0.2) is 33.0 Å². The Bertz CT molecular complexity index is 654. The largest absolute Gasteiger partial charge is 0.493 e. The maximum absolute atomic E-state index is 9.82. The van der Waals surface area contributed by atoms with Crippen LogP contribution >= 0.6 is 0 Å². The van der Waals surface area contributed by atoms with Gasteiger partial charge in [-0.05, 0) is 0 Å². The molecular weight excluding hydrogens is 230 g/mol. The highest BCUT2D eigenvalue weighted by Gasteiger charge is 2.14. The van der Waals surface area contributed by atoms with Gasteiger partial charge in [-0.3, -0.25) is 4.99 Å². The molecule has 2 heterocycles. The molecule has 0 amide bonds. The van der Waals surface area contributed by atoms with Crippen molar-refractivity contribution in [3.63, 3.8) is 0 Å². The maximum atomic E-state index is 9.82. The molecule has 0 bridgehead atoms. The first-order valence-corrected chi connectivity index (χ1v) is 5.25. The van der Waals surface area contributed by atoms with Crippen LogP contribution in [0.3, 0.4) is 0 Å². The number of hydrogen-bond donors (Lipinski definition) is 2. The molecule has 6 heteroatoms. The van der Waals surface area contributed by atoms with Crippen molar-refractivity contribution in [3.05, 3.63) is 36.7 Å². The molecule has 0 aliphatic carbocycles. The summed E-state index contributed by atoms with van der Waals surface area (Å²) in [7, 11) is 1.66. The number of fused-ring (bicyclic) bond motifs is 1. The van der Waals surface area contributed by atoms with E-state index < -0.39 is 0 Å². The van der Waals surface area contributed by atoms with Crippen molar-refractivity contribution in [1.82, 2.24) is 14.6 Å². The number of aromatic hydroxyl groups is 1. The third-order valence-electron chi connectivity index (χ3n) is 2.44. The standard InChI is InChI=1S/C12H13N5O/c1-3-4-8(6-14-2)9-5-10(18)17-11(9)12(13)15-7-16-17/h3-7,18H,1H2,2H3,(H2,13,15,16)/b8-4+,14-6-. The van der Waals surface area contributed by atoms with Gasteiger partial charge in [0.25, 0.3) is 0 Å². The Morgan fingerprint density at radius 1 is 1.61 bits per heavy atom. The predicted octanol–water partition coefficient (Wildman–Crippen LogP) is 1.29. The summed E-state index contributed by atoms with van der Waals surface area (Å²) in [5, 5.41) is 13.8. The van der Waals surface area contributed by atoms with Gasteiger partial charge in [-0.15, -0.1) is 0 Å². The Hall–Kier alpha value is -2.63. The summed E-state index contributed by atoms with van der Waals surface area (Å²) in [4.78, 5) is 7.88.